The summed E-state index contributed by atoms with van der Waals surface area (Å²) in [6, 6.07) is 0.617. The molecule has 0 radical (unpaired) electrons. The molecule has 4 heteroatoms. The molecule has 82 valence electrons. The first-order valence-corrected chi connectivity index (χ1v) is 6.02. The van der Waals surface area contributed by atoms with E-state index in [0.29, 0.717) is 11.9 Å². The standard InChI is InChI=1S/C11H16ClN3/c1-2-10-4-3-5-15(10)11-13-7-9(6-12)8-14-11/h7-8,10H,2-6H2,1H3. The Hall–Kier alpha value is -0.830. The van der Waals surface area contributed by atoms with Crippen LogP contribution in [0.2, 0.25) is 0 Å². The van der Waals surface area contributed by atoms with Gasteiger partial charge in [-0.2, -0.15) is 0 Å². The predicted octanol–water partition coefficient (Wildman–Crippen LogP) is 2.59. The van der Waals surface area contributed by atoms with E-state index in [0.717, 1.165) is 18.1 Å². The summed E-state index contributed by atoms with van der Waals surface area (Å²) >= 11 is 5.70. The van der Waals surface area contributed by atoms with E-state index in [9.17, 15) is 0 Å². The lowest BCUT2D eigenvalue weighted by Gasteiger charge is -2.23. The molecule has 0 spiro atoms. The Morgan fingerprint density at radius 2 is 2.20 bits per heavy atom. The van der Waals surface area contributed by atoms with Gasteiger partial charge in [0, 0.05) is 30.5 Å². The molecule has 0 aliphatic carbocycles. The number of hydrogen-bond donors (Lipinski definition) is 0. The summed E-state index contributed by atoms with van der Waals surface area (Å²) in [7, 11) is 0. The highest BCUT2D eigenvalue weighted by Crippen LogP contribution is 2.23. The average Bonchev–Trinajstić information content (AvgIpc) is 2.77. The first kappa shape index (κ1) is 10.7. The van der Waals surface area contributed by atoms with Crippen molar-refractivity contribution in [3.8, 4) is 0 Å². The fourth-order valence-corrected chi connectivity index (χ4v) is 2.23. The molecule has 1 fully saturated rings. The molecule has 2 rings (SSSR count). The molecule has 1 atom stereocenters. The molecule has 15 heavy (non-hydrogen) atoms. The lowest BCUT2D eigenvalue weighted by Crippen LogP contribution is -2.30. The number of rotatable bonds is 3. The fraction of sp³-hybridized carbons (Fsp3) is 0.636. The van der Waals surface area contributed by atoms with E-state index in [4.69, 9.17) is 11.6 Å². The van der Waals surface area contributed by atoms with Crippen molar-refractivity contribution in [3.05, 3.63) is 18.0 Å². The number of nitrogens with zero attached hydrogens (tertiary/aromatic N) is 3. The first-order valence-electron chi connectivity index (χ1n) is 5.48. The van der Waals surface area contributed by atoms with Gasteiger partial charge in [-0.15, -0.1) is 11.6 Å². The van der Waals surface area contributed by atoms with Gasteiger partial charge in [0.1, 0.15) is 0 Å². The molecule has 0 N–H and O–H groups in total. The van der Waals surface area contributed by atoms with Crippen molar-refractivity contribution in [2.24, 2.45) is 0 Å². The molecule has 1 aliphatic rings. The number of halogens is 1. The van der Waals surface area contributed by atoms with Crippen molar-refractivity contribution in [2.75, 3.05) is 11.4 Å². The highest BCUT2D eigenvalue weighted by Gasteiger charge is 2.24. The van der Waals surface area contributed by atoms with Crippen LogP contribution in [-0.4, -0.2) is 22.6 Å². The van der Waals surface area contributed by atoms with E-state index in [-0.39, 0.29) is 0 Å². The summed E-state index contributed by atoms with van der Waals surface area (Å²) in [5.74, 6) is 1.34. The van der Waals surface area contributed by atoms with Crippen LogP contribution >= 0.6 is 11.6 Å². The SMILES string of the molecule is CCC1CCCN1c1ncc(CCl)cn1. The molecule has 1 aromatic heterocycles. The van der Waals surface area contributed by atoms with Gasteiger partial charge in [-0.25, -0.2) is 9.97 Å². The Bertz CT molecular complexity index is 312. The molecule has 1 unspecified atom stereocenters. The van der Waals surface area contributed by atoms with Gasteiger partial charge >= 0.3 is 0 Å². The zero-order valence-corrected chi connectivity index (χ0v) is 9.74. The highest BCUT2D eigenvalue weighted by atomic mass is 35.5. The third-order valence-corrected chi connectivity index (χ3v) is 3.26. The van der Waals surface area contributed by atoms with Gasteiger partial charge in [0.15, 0.2) is 0 Å². The molecule has 1 aromatic rings. The molecule has 0 amide bonds. The lowest BCUT2D eigenvalue weighted by molar-refractivity contribution is 0.634. The van der Waals surface area contributed by atoms with Crippen molar-refractivity contribution in [3.63, 3.8) is 0 Å². The Labute approximate surface area is 95.5 Å². The third kappa shape index (κ3) is 2.23. The van der Waals surface area contributed by atoms with Crippen LogP contribution in [0.5, 0.6) is 0 Å². The van der Waals surface area contributed by atoms with E-state index in [1.807, 2.05) is 12.4 Å². The summed E-state index contributed by atoms with van der Waals surface area (Å²) in [6.07, 6.45) is 7.32. The number of anilines is 1. The second kappa shape index (κ2) is 4.79. The molecule has 0 saturated carbocycles. The van der Waals surface area contributed by atoms with Gasteiger partial charge in [-0.3, -0.25) is 0 Å². The smallest absolute Gasteiger partial charge is 0.225 e. The van der Waals surface area contributed by atoms with Crippen molar-refractivity contribution >= 4 is 17.5 Å². The van der Waals surface area contributed by atoms with Crippen molar-refractivity contribution in [1.82, 2.24) is 9.97 Å². The van der Waals surface area contributed by atoms with E-state index in [1.165, 1.54) is 19.3 Å². The Kier molecular flexibility index (Phi) is 3.41. The predicted molar refractivity (Wildman–Crippen MR) is 62.2 cm³/mol. The largest absolute Gasteiger partial charge is 0.338 e. The Morgan fingerprint density at radius 3 is 2.80 bits per heavy atom. The second-order valence-corrected chi connectivity index (χ2v) is 4.19. The minimum atomic E-state index is 0.484. The number of aromatic nitrogens is 2. The number of alkyl halides is 1. The van der Waals surface area contributed by atoms with E-state index < -0.39 is 0 Å². The quantitative estimate of drug-likeness (QED) is 0.741. The summed E-state index contributed by atoms with van der Waals surface area (Å²) in [5, 5.41) is 0. The molecule has 2 heterocycles. The van der Waals surface area contributed by atoms with Crippen LogP contribution in [0.3, 0.4) is 0 Å². The zero-order valence-electron chi connectivity index (χ0n) is 8.99. The van der Waals surface area contributed by atoms with E-state index in [1.54, 1.807) is 0 Å². The second-order valence-electron chi connectivity index (χ2n) is 3.92. The zero-order chi connectivity index (χ0) is 10.7. The molecule has 0 bridgehead atoms. The average molecular weight is 226 g/mol. The van der Waals surface area contributed by atoms with Crippen LogP contribution in [0.4, 0.5) is 5.95 Å². The normalized spacial score (nSPS) is 20.9. The van der Waals surface area contributed by atoms with Crippen molar-refractivity contribution in [1.29, 1.82) is 0 Å². The molecule has 0 aromatic carbocycles. The van der Waals surface area contributed by atoms with Crippen molar-refractivity contribution < 1.29 is 0 Å². The topological polar surface area (TPSA) is 29.0 Å². The first-order chi connectivity index (χ1) is 7.35. The maximum atomic E-state index is 5.70. The van der Waals surface area contributed by atoms with Crippen LogP contribution < -0.4 is 4.90 Å². The van der Waals surface area contributed by atoms with Gasteiger partial charge < -0.3 is 4.90 Å². The van der Waals surface area contributed by atoms with Crippen LogP contribution in [0.1, 0.15) is 31.7 Å². The molecular weight excluding hydrogens is 210 g/mol. The molecule has 1 aliphatic heterocycles. The Morgan fingerprint density at radius 1 is 1.47 bits per heavy atom. The lowest BCUT2D eigenvalue weighted by atomic mass is 10.2. The van der Waals surface area contributed by atoms with Crippen LogP contribution in [-0.2, 0) is 5.88 Å². The molecule has 1 saturated heterocycles. The van der Waals surface area contributed by atoms with Crippen molar-refractivity contribution in [2.45, 2.75) is 38.1 Å². The maximum Gasteiger partial charge on any atom is 0.225 e. The molecular formula is C11H16ClN3. The summed E-state index contributed by atoms with van der Waals surface area (Å²) in [4.78, 5) is 11.0. The fourth-order valence-electron chi connectivity index (χ4n) is 2.09. The highest BCUT2D eigenvalue weighted by molar-refractivity contribution is 6.17. The summed E-state index contributed by atoms with van der Waals surface area (Å²) in [5.41, 5.74) is 0.979. The van der Waals surface area contributed by atoms with Gasteiger partial charge in [-0.1, -0.05) is 6.92 Å². The van der Waals surface area contributed by atoms with E-state index >= 15 is 0 Å². The summed E-state index contributed by atoms with van der Waals surface area (Å²) in [6.45, 7) is 3.30. The van der Waals surface area contributed by atoms with Crippen LogP contribution in [0.15, 0.2) is 12.4 Å². The maximum absolute atomic E-state index is 5.70. The van der Waals surface area contributed by atoms with Gasteiger partial charge in [0.05, 0.1) is 5.88 Å². The monoisotopic (exact) mass is 225 g/mol. The van der Waals surface area contributed by atoms with Gasteiger partial charge in [0.2, 0.25) is 5.95 Å². The van der Waals surface area contributed by atoms with Crippen LogP contribution in [0, 0.1) is 0 Å². The Balaban J connectivity index is 2.14. The minimum absolute atomic E-state index is 0.484. The van der Waals surface area contributed by atoms with Crippen LogP contribution in [0.25, 0.3) is 0 Å². The van der Waals surface area contributed by atoms with E-state index in [2.05, 4.69) is 21.8 Å². The number of hydrogen-bond acceptors (Lipinski definition) is 3. The minimum Gasteiger partial charge on any atom is -0.338 e. The van der Waals surface area contributed by atoms with Gasteiger partial charge in [-0.05, 0) is 19.3 Å². The third-order valence-electron chi connectivity index (χ3n) is 2.95. The summed E-state index contributed by atoms with van der Waals surface area (Å²) < 4.78 is 0. The van der Waals surface area contributed by atoms with Gasteiger partial charge in [0.25, 0.3) is 0 Å². The molecule has 3 nitrogen and oxygen atoms in total.